The van der Waals surface area contributed by atoms with Gasteiger partial charge in [-0.05, 0) is 30.3 Å². The number of carbonyl (C=O) groups excluding carboxylic acids is 1. The number of ether oxygens (including phenoxy) is 1. The second-order valence-corrected chi connectivity index (χ2v) is 6.17. The highest BCUT2D eigenvalue weighted by molar-refractivity contribution is 9.10. The van der Waals surface area contributed by atoms with Crippen LogP contribution in [0.1, 0.15) is 10.6 Å². The van der Waals surface area contributed by atoms with E-state index in [1.165, 1.54) is 10.7 Å². The summed E-state index contributed by atoms with van der Waals surface area (Å²) in [7, 11) is 0. The minimum Gasteiger partial charge on any atom is -0.471 e. The SMILES string of the molecule is O=C(Nc1cnn(COc2ccc(Br)cc2)c1)c1nc2ncccn2n1. The van der Waals surface area contributed by atoms with Gasteiger partial charge in [0.05, 0.1) is 18.1 Å². The number of nitrogens with one attached hydrogen (secondary N) is 1. The molecule has 10 heteroatoms. The predicted molar refractivity (Wildman–Crippen MR) is 95.7 cm³/mol. The number of aromatic nitrogens is 6. The molecule has 1 amide bonds. The smallest absolute Gasteiger partial charge is 0.295 e. The van der Waals surface area contributed by atoms with Gasteiger partial charge in [0.25, 0.3) is 11.7 Å². The first-order valence-electron chi connectivity index (χ1n) is 7.57. The lowest BCUT2D eigenvalue weighted by molar-refractivity contribution is 0.101. The molecule has 0 unspecified atom stereocenters. The highest BCUT2D eigenvalue weighted by Crippen LogP contribution is 2.16. The van der Waals surface area contributed by atoms with Crippen LogP contribution >= 0.6 is 15.9 Å². The Labute approximate surface area is 155 Å². The molecule has 0 aliphatic carbocycles. The van der Waals surface area contributed by atoms with Crippen molar-refractivity contribution >= 4 is 33.3 Å². The van der Waals surface area contributed by atoms with E-state index in [2.05, 4.69) is 41.4 Å². The number of hydrogen-bond acceptors (Lipinski definition) is 6. The van der Waals surface area contributed by atoms with Crippen molar-refractivity contribution in [1.29, 1.82) is 0 Å². The van der Waals surface area contributed by atoms with Crippen LogP contribution < -0.4 is 10.1 Å². The van der Waals surface area contributed by atoms with Crippen LogP contribution in [-0.4, -0.2) is 35.3 Å². The van der Waals surface area contributed by atoms with E-state index >= 15 is 0 Å². The first kappa shape index (κ1) is 16.2. The van der Waals surface area contributed by atoms with Crippen LogP contribution in [0.3, 0.4) is 0 Å². The van der Waals surface area contributed by atoms with Crippen LogP contribution in [0.15, 0.2) is 59.6 Å². The summed E-state index contributed by atoms with van der Waals surface area (Å²) in [5.74, 6) is 0.665. The summed E-state index contributed by atoms with van der Waals surface area (Å²) in [6.45, 7) is 0.216. The standard InChI is InChI=1S/C16H12BrN7O2/c17-11-2-4-13(5-3-11)26-10-23-9-12(8-19-23)20-15(25)14-21-16-18-6-1-7-24(16)22-14/h1-9H,10H2,(H,20,25). The molecule has 0 spiro atoms. The molecule has 0 atom stereocenters. The monoisotopic (exact) mass is 413 g/mol. The van der Waals surface area contributed by atoms with Crippen LogP contribution in [0.5, 0.6) is 5.75 Å². The normalized spacial score (nSPS) is 10.8. The summed E-state index contributed by atoms with van der Waals surface area (Å²) >= 11 is 3.37. The zero-order valence-electron chi connectivity index (χ0n) is 13.3. The lowest BCUT2D eigenvalue weighted by atomic mass is 10.3. The lowest BCUT2D eigenvalue weighted by Gasteiger charge is -2.05. The average molecular weight is 414 g/mol. The Morgan fingerprint density at radius 1 is 1.27 bits per heavy atom. The van der Waals surface area contributed by atoms with Gasteiger partial charge in [-0.2, -0.15) is 10.1 Å². The largest absolute Gasteiger partial charge is 0.471 e. The lowest BCUT2D eigenvalue weighted by Crippen LogP contribution is -2.13. The Morgan fingerprint density at radius 3 is 2.92 bits per heavy atom. The highest BCUT2D eigenvalue weighted by atomic mass is 79.9. The van der Waals surface area contributed by atoms with Gasteiger partial charge in [0, 0.05) is 16.9 Å². The molecule has 0 saturated heterocycles. The van der Waals surface area contributed by atoms with Crippen molar-refractivity contribution in [2.75, 3.05) is 5.32 Å². The zero-order valence-corrected chi connectivity index (χ0v) is 14.9. The van der Waals surface area contributed by atoms with Gasteiger partial charge >= 0.3 is 0 Å². The fourth-order valence-corrected chi connectivity index (χ4v) is 2.45. The number of fused-ring (bicyclic) bond motifs is 1. The van der Waals surface area contributed by atoms with Crippen LogP contribution in [-0.2, 0) is 6.73 Å². The third kappa shape index (κ3) is 3.54. The fourth-order valence-electron chi connectivity index (χ4n) is 2.19. The van der Waals surface area contributed by atoms with Crippen molar-refractivity contribution < 1.29 is 9.53 Å². The molecule has 4 rings (SSSR count). The number of hydrogen-bond donors (Lipinski definition) is 1. The third-order valence-corrected chi connectivity index (χ3v) is 3.92. The van der Waals surface area contributed by atoms with Crippen molar-refractivity contribution in [2.24, 2.45) is 0 Å². The maximum Gasteiger partial charge on any atom is 0.295 e. The van der Waals surface area contributed by atoms with E-state index in [9.17, 15) is 4.79 Å². The van der Waals surface area contributed by atoms with Crippen molar-refractivity contribution in [3.05, 3.63) is 65.4 Å². The maximum absolute atomic E-state index is 12.3. The molecule has 0 saturated carbocycles. The highest BCUT2D eigenvalue weighted by Gasteiger charge is 2.14. The topological polar surface area (TPSA) is 99.2 Å². The Hall–Kier alpha value is -3.27. The molecule has 0 aliphatic rings. The predicted octanol–water partition coefficient (Wildman–Crippen LogP) is 2.37. The molecule has 0 bridgehead atoms. The van der Waals surface area contributed by atoms with Crippen molar-refractivity contribution in [1.82, 2.24) is 29.4 Å². The number of benzene rings is 1. The molecule has 9 nitrogen and oxygen atoms in total. The number of nitrogens with zero attached hydrogens (tertiary/aromatic N) is 6. The fraction of sp³-hybridized carbons (Fsp3) is 0.0625. The van der Waals surface area contributed by atoms with Gasteiger partial charge in [0.1, 0.15) is 5.75 Å². The molecule has 0 aliphatic heterocycles. The molecule has 3 aromatic heterocycles. The van der Waals surface area contributed by atoms with Gasteiger partial charge in [-0.1, -0.05) is 15.9 Å². The van der Waals surface area contributed by atoms with Gasteiger partial charge in [0.15, 0.2) is 6.73 Å². The van der Waals surface area contributed by atoms with E-state index in [-0.39, 0.29) is 12.6 Å². The first-order valence-corrected chi connectivity index (χ1v) is 8.36. The summed E-state index contributed by atoms with van der Waals surface area (Å²) in [6.07, 6.45) is 6.44. The number of rotatable bonds is 5. The maximum atomic E-state index is 12.3. The van der Waals surface area contributed by atoms with Crippen molar-refractivity contribution in [3.63, 3.8) is 0 Å². The van der Waals surface area contributed by atoms with E-state index < -0.39 is 5.91 Å². The van der Waals surface area contributed by atoms with Crippen LogP contribution in [0.2, 0.25) is 0 Å². The molecule has 1 aromatic carbocycles. The second-order valence-electron chi connectivity index (χ2n) is 5.25. The summed E-state index contributed by atoms with van der Waals surface area (Å²) in [6, 6.07) is 9.18. The molecule has 0 fully saturated rings. The third-order valence-electron chi connectivity index (χ3n) is 3.39. The molecule has 0 radical (unpaired) electrons. The van der Waals surface area contributed by atoms with E-state index in [0.29, 0.717) is 11.5 Å². The molecule has 4 aromatic rings. The molecular weight excluding hydrogens is 402 g/mol. The molecule has 1 N–H and O–H groups in total. The van der Waals surface area contributed by atoms with E-state index in [1.807, 2.05) is 24.3 Å². The Balaban J connectivity index is 1.39. The quantitative estimate of drug-likeness (QED) is 0.539. The molecular formula is C16H12BrN7O2. The Morgan fingerprint density at radius 2 is 2.12 bits per heavy atom. The summed E-state index contributed by atoms with van der Waals surface area (Å²) < 4.78 is 9.60. The molecule has 3 heterocycles. The van der Waals surface area contributed by atoms with E-state index in [0.717, 1.165) is 10.2 Å². The molecule has 26 heavy (non-hydrogen) atoms. The first-order chi connectivity index (χ1) is 12.7. The Bertz CT molecular complexity index is 1020. The zero-order chi connectivity index (χ0) is 17.9. The summed E-state index contributed by atoms with van der Waals surface area (Å²) in [4.78, 5) is 20.4. The number of anilines is 1. The van der Waals surface area contributed by atoms with Gasteiger partial charge in [-0.3, -0.25) is 4.79 Å². The number of halogens is 1. The van der Waals surface area contributed by atoms with Crippen LogP contribution in [0, 0.1) is 0 Å². The van der Waals surface area contributed by atoms with Gasteiger partial charge in [-0.15, -0.1) is 5.10 Å². The van der Waals surface area contributed by atoms with Crippen LogP contribution in [0.4, 0.5) is 5.69 Å². The minimum absolute atomic E-state index is 0.0302. The number of carbonyl (C=O) groups is 1. The number of amides is 1. The van der Waals surface area contributed by atoms with Crippen molar-refractivity contribution in [2.45, 2.75) is 6.73 Å². The second kappa shape index (κ2) is 6.92. The van der Waals surface area contributed by atoms with Gasteiger partial charge in [-0.25, -0.2) is 14.2 Å². The summed E-state index contributed by atoms with van der Waals surface area (Å²) in [5.41, 5.74) is 0.515. The minimum atomic E-state index is -0.441. The average Bonchev–Trinajstić information content (AvgIpc) is 3.28. The molecule has 130 valence electrons. The Kier molecular flexibility index (Phi) is 4.32. The van der Waals surface area contributed by atoms with Gasteiger partial charge < -0.3 is 10.1 Å². The van der Waals surface area contributed by atoms with Crippen LogP contribution in [0.25, 0.3) is 5.78 Å². The van der Waals surface area contributed by atoms with E-state index in [1.54, 1.807) is 29.3 Å². The van der Waals surface area contributed by atoms with Crippen molar-refractivity contribution in [3.8, 4) is 5.75 Å². The summed E-state index contributed by atoms with van der Waals surface area (Å²) in [5, 5.41) is 10.9. The van der Waals surface area contributed by atoms with Gasteiger partial charge in [0.2, 0.25) is 5.82 Å². The van der Waals surface area contributed by atoms with E-state index in [4.69, 9.17) is 4.74 Å².